The molecule has 1 fully saturated rings. The number of fused-ring (bicyclic) bond motifs is 3. The van der Waals surface area contributed by atoms with Gasteiger partial charge in [-0.2, -0.15) is 0 Å². The second-order valence-electron chi connectivity index (χ2n) is 10.1. The topological polar surface area (TPSA) is 88.4 Å². The number of imidazole rings is 1. The second kappa shape index (κ2) is 8.26. The maximum atomic E-state index is 5.06. The molecule has 2 aliphatic rings. The number of aromatic amines is 1. The van der Waals surface area contributed by atoms with Crippen molar-refractivity contribution in [2.24, 2.45) is 0 Å². The number of benzene rings is 2. The van der Waals surface area contributed by atoms with Gasteiger partial charge in [-0.3, -0.25) is 0 Å². The Hall–Kier alpha value is -4.07. The lowest BCUT2D eigenvalue weighted by molar-refractivity contribution is 0.738. The van der Waals surface area contributed by atoms with Crippen LogP contribution in [0.4, 0.5) is 11.4 Å². The Morgan fingerprint density at radius 3 is 2.58 bits per heavy atom. The fourth-order valence-electron chi connectivity index (χ4n) is 5.56. The lowest BCUT2D eigenvalue weighted by Crippen LogP contribution is -2.19. The van der Waals surface area contributed by atoms with Gasteiger partial charge in [0.25, 0.3) is 0 Å². The lowest BCUT2D eigenvalue weighted by atomic mass is 10.0. The minimum Gasteiger partial charge on any atom is -0.333 e. The van der Waals surface area contributed by atoms with Crippen LogP contribution in [0.3, 0.4) is 0 Å². The Kier molecular flexibility index (Phi) is 4.87. The number of para-hydroxylation sites is 1. The SMILES string of the molecule is Cc1cc(C)c2nc(C3CC3)n(Cc3ccc4c(c3)CCc3ccccc3N4Cc3nnn[nH]3)c2n1. The fourth-order valence-corrected chi connectivity index (χ4v) is 5.56. The van der Waals surface area contributed by atoms with Crippen LogP contribution in [0.1, 0.15) is 58.4 Å². The van der Waals surface area contributed by atoms with E-state index in [1.54, 1.807) is 0 Å². The zero-order chi connectivity index (χ0) is 24.2. The van der Waals surface area contributed by atoms with Gasteiger partial charge in [0.2, 0.25) is 0 Å². The highest BCUT2D eigenvalue weighted by molar-refractivity contribution is 5.76. The van der Waals surface area contributed by atoms with E-state index in [4.69, 9.17) is 9.97 Å². The average molecular weight is 477 g/mol. The molecule has 1 N–H and O–H groups in total. The molecule has 36 heavy (non-hydrogen) atoms. The number of aromatic nitrogens is 7. The maximum absolute atomic E-state index is 5.06. The molecule has 180 valence electrons. The van der Waals surface area contributed by atoms with Crippen LogP contribution in [0.2, 0.25) is 0 Å². The first-order valence-electron chi connectivity index (χ1n) is 12.7. The Morgan fingerprint density at radius 1 is 0.917 bits per heavy atom. The van der Waals surface area contributed by atoms with Crippen molar-refractivity contribution in [1.29, 1.82) is 0 Å². The number of nitrogens with zero attached hydrogens (tertiary/aromatic N) is 7. The third-order valence-corrected chi connectivity index (χ3v) is 7.41. The molecule has 0 saturated heterocycles. The molecular formula is C28H28N8. The van der Waals surface area contributed by atoms with Crippen molar-refractivity contribution in [2.45, 2.75) is 58.5 Å². The highest BCUT2D eigenvalue weighted by atomic mass is 15.5. The van der Waals surface area contributed by atoms with E-state index >= 15 is 0 Å². The predicted molar refractivity (Wildman–Crippen MR) is 138 cm³/mol. The van der Waals surface area contributed by atoms with Crippen molar-refractivity contribution >= 4 is 22.5 Å². The summed E-state index contributed by atoms with van der Waals surface area (Å²) in [6.07, 6.45) is 4.42. The summed E-state index contributed by atoms with van der Waals surface area (Å²) < 4.78 is 2.36. The summed E-state index contributed by atoms with van der Waals surface area (Å²) in [5.41, 5.74) is 10.7. The van der Waals surface area contributed by atoms with Gasteiger partial charge < -0.3 is 9.47 Å². The summed E-state index contributed by atoms with van der Waals surface area (Å²) in [4.78, 5) is 12.3. The number of hydrogen-bond acceptors (Lipinski definition) is 6. The maximum Gasteiger partial charge on any atom is 0.168 e. The Labute approximate surface area is 209 Å². The fraction of sp³-hybridized carbons (Fsp3) is 0.321. The number of rotatable bonds is 5. The standard InChI is InChI=1S/C28H28N8/c1-17-13-18(2)29-28-26(17)30-27(21-9-10-21)36(28)15-19-7-12-24-22(14-19)11-8-20-5-3-4-6-23(20)35(24)16-25-31-33-34-32-25/h3-7,12-14,21H,8-11,15-16H2,1-2H3,(H,31,32,33,34). The molecule has 2 aromatic carbocycles. The summed E-state index contributed by atoms with van der Waals surface area (Å²) in [6.45, 7) is 5.59. The van der Waals surface area contributed by atoms with Gasteiger partial charge in [-0.15, -0.1) is 5.10 Å². The summed E-state index contributed by atoms with van der Waals surface area (Å²) >= 11 is 0. The van der Waals surface area contributed by atoms with Gasteiger partial charge in [-0.05, 0) is 90.4 Å². The van der Waals surface area contributed by atoms with Crippen LogP contribution >= 0.6 is 0 Å². The van der Waals surface area contributed by atoms with Crippen LogP contribution in [-0.4, -0.2) is 35.2 Å². The van der Waals surface area contributed by atoms with Crippen LogP contribution in [0.15, 0.2) is 48.5 Å². The van der Waals surface area contributed by atoms with Crippen LogP contribution < -0.4 is 4.90 Å². The largest absolute Gasteiger partial charge is 0.333 e. The number of aryl methyl sites for hydroxylation is 4. The normalized spacial score (nSPS) is 15.1. The quantitative estimate of drug-likeness (QED) is 0.387. The van der Waals surface area contributed by atoms with E-state index < -0.39 is 0 Å². The van der Waals surface area contributed by atoms with Crippen molar-refractivity contribution in [2.75, 3.05) is 4.90 Å². The molecule has 0 spiro atoms. The number of anilines is 2. The number of tetrazole rings is 1. The smallest absolute Gasteiger partial charge is 0.168 e. The van der Waals surface area contributed by atoms with Gasteiger partial charge in [-0.25, -0.2) is 15.1 Å². The molecule has 0 bridgehead atoms. The van der Waals surface area contributed by atoms with Gasteiger partial charge in [-0.1, -0.05) is 30.3 Å². The van der Waals surface area contributed by atoms with E-state index in [0.717, 1.165) is 42.1 Å². The summed E-state index contributed by atoms with van der Waals surface area (Å²) in [6, 6.07) is 17.7. The summed E-state index contributed by atoms with van der Waals surface area (Å²) in [5.74, 6) is 2.49. The number of pyridine rings is 1. The first kappa shape index (κ1) is 21.2. The molecule has 0 atom stereocenters. The van der Waals surface area contributed by atoms with Gasteiger partial charge in [0.05, 0.1) is 13.1 Å². The molecule has 1 aliphatic carbocycles. The molecule has 5 aromatic rings. The molecule has 8 nitrogen and oxygen atoms in total. The molecule has 8 heteroatoms. The molecule has 0 radical (unpaired) electrons. The van der Waals surface area contributed by atoms with Crippen molar-refractivity contribution in [1.82, 2.24) is 35.2 Å². The third-order valence-electron chi connectivity index (χ3n) is 7.41. The highest BCUT2D eigenvalue weighted by Gasteiger charge is 2.31. The van der Waals surface area contributed by atoms with Crippen molar-refractivity contribution in [3.63, 3.8) is 0 Å². The van der Waals surface area contributed by atoms with E-state index in [9.17, 15) is 0 Å². The van der Waals surface area contributed by atoms with Gasteiger partial charge in [0, 0.05) is 23.0 Å². The third kappa shape index (κ3) is 3.64. The average Bonchev–Trinajstić information content (AvgIpc) is 3.51. The van der Waals surface area contributed by atoms with Crippen molar-refractivity contribution in [3.05, 3.63) is 88.1 Å². The van der Waals surface area contributed by atoms with E-state index in [2.05, 4.69) is 92.5 Å². The molecule has 3 aromatic heterocycles. The van der Waals surface area contributed by atoms with E-state index in [-0.39, 0.29) is 0 Å². The molecule has 4 heterocycles. The Morgan fingerprint density at radius 2 is 1.75 bits per heavy atom. The van der Waals surface area contributed by atoms with Gasteiger partial charge >= 0.3 is 0 Å². The summed E-state index contributed by atoms with van der Waals surface area (Å²) in [7, 11) is 0. The number of hydrogen-bond donors (Lipinski definition) is 1. The minimum absolute atomic E-state index is 0.556. The first-order chi connectivity index (χ1) is 17.6. The predicted octanol–water partition coefficient (Wildman–Crippen LogP) is 4.92. The van der Waals surface area contributed by atoms with Gasteiger partial charge in [0.1, 0.15) is 11.3 Å². The van der Waals surface area contributed by atoms with E-state index in [0.29, 0.717) is 12.5 Å². The highest BCUT2D eigenvalue weighted by Crippen LogP contribution is 2.42. The molecule has 7 rings (SSSR count). The molecule has 1 aliphatic heterocycles. The molecular weight excluding hydrogens is 448 g/mol. The zero-order valence-corrected chi connectivity index (χ0v) is 20.6. The monoisotopic (exact) mass is 476 g/mol. The zero-order valence-electron chi connectivity index (χ0n) is 20.6. The summed E-state index contributed by atoms with van der Waals surface area (Å²) in [5, 5.41) is 14.6. The van der Waals surface area contributed by atoms with E-state index in [1.165, 1.54) is 52.3 Å². The second-order valence-corrected chi connectivity index (χ2v) is 10.1. The Bertz CT molecular complexity index is 1580. The molecule has 0 amide bonds. The van der Waals surface area contributed by atoms with Crippen LogP contribution in [0.5, 0.6) is 0 Å². The van der Waals surface area contributed by atoms with E-state index in [1.807, 2.05) is 0 Å². The first-order valence-corrected chi connectivity index (χ1v) is 12.7. The van der Waals surface area contributed by atoms with Crippen LogP contribution in [0.25, 0.3) is 11.2 Å². The number of H-pyrrole nitrogens is 1. The van der Waals surface area contributed by atoms with Crippen molar-refractivity contribution in [3.8, 4) is 0 Å². The van der Waals surface area contributed by atoms with Crippen LogP contribution in [-0.2, 0) is 25.9 Å². The van der Waals surface area contributed by atoms with Crippen molar-refractivity contribution < 1.29 is 0 Å². The lowest BCUT2D eigenvalue weighted by Gasteiger charge is -2.26. The number of nitrogens with one attached hydrogen (secondary N) is 1. The van der Waals surface area contributed by atoms with Crippen LogP contribution in [0, 0.1) is 13.8 Å². The Balaban J connectivity index is 1.30. The molecule has 1 saturated carbocycles. The molecule has 0 unspecified atom stereocenters. The van der Waals surface area contributed by atoms with Gasteiger partial charge in [0.15, 0.2) is 11.5 Å². The minimum atomic E-state index is 0.556.